The molecule has 2 rings (SSSR count). The molecule has 15 heavy (non-hydrogen) atoms. The Bertz CT molecular complexity index is 247. The standard InChI is InChI=1S/C10H18N2O3/c13-9-6-11-5-8(9)12-4-2-1-3-7(12)10(14)15/h7-9,11,13H,1-6H2,(H,14,15). The first kappa shape index (κ1) is 10.9. The van der Waals surface area contributed by atoms with E-state index in [1.54, 1.807) is 0 Å². The van der Waals surface area contributed by atoms with Gasteiger partial charge in [0.1, 0.15) is 6.04 Å². The average Bonchev–Trinajstić information content (AvgIpc) is 2.64. The van der Waals surface area contributed by atoms with Gasteiger partial charge >= 0.3 is 5.97 Å². The minimum Gasteiger partial charge on any atom is -0.480 e. The van der Waals surface area contributed by atoms with Crippen LogP contribution in [0, 0.1) is 0 Å². The maximum Gasteiger partial charge on any atom is 0.320 e. The number of nitrogens with zero attached hydrogens (tertiary/aromatic N) is 1. The Morgan fingerprint density at radius 1 is 1.33 bits per heavy atom. The van der Waals surface area contributed by atoms with Crippen molar-refractivity contribution in [2.75, 3.05) is 19.6 Å². The predicted octanol–water partition coefficient (Wildman–Crippen LogP) is -0.742. The minimum absolute atomic E-state index is 0.0219. The number of nitrogens with one attached hydrogen (secondary N) is 1. The van der Waals surface area contributed by atoms with Crippen LogP contribution in [-0.4, -0.2) is 58.9 Å². The normalized spacial score (nSPS) is 38.1. The Hall–Kier alpha value is -0.650. The number of piperidine rings is 1. The zero-order valence-corrected chi connectivity index (χ0v) is 8.72. The van der Waals surface area contributed by atoms with Crippen molar-refractivity contribution in [2.24, 2.45) is 0 Å². The molecule has 0 bridgehead atoms. The van der Waals surface area contributed by atoms with E-state index >= 15 is 0 Å². The van der Waals surface area contributed by atoms with Gasteiger partial charge in [-0.2, -0.15) is 0 Å². The quantitative estimate of drug-likeness (QED) is 0.564. The molecule has 2 saturated heterocycles. The molecule has 3 atom stereocenters. The molecular weight excluding hydrogens is 196 g/mol. The van der Waals surface area contributed by atoms with E-state index in [4.69, 9.17) is 5.11 Å². The first-order chi connectivity index (χ1) is 7.20. The Morgan fingerprint density at radius 2 is 2.13 bits per heavy atom. The van der Waals surface area contributed by atoms with Gasteiger partial charge in [0.05, 0.1) is 12.1 Å². The maximum absolute atomic E-state index is 11.1. The van der Waals surface area contributed by atoms with Crippen molar-refractivity contribution < 1.29 is 15.0 Å². The lowest BCUT2D eigenvalue weighted by Crippen LogP contribution is -2.54. The van der Waals surface area contributed by atoms with E-state index in [1.165, 1.54) is 0 Å². The summed E-state index contributed by atoms with van der Waals surface area (Å²) in [6, 6.07) is -0.426. The summed E-state index contributed by atoms with van der Waals surface area (Å²) in [5.74, 6) is -0.756. The van der Waals surface area contributed by atoms with Crippen LogP contribution in [0.5, 0.6) is 0 Å². The topological polar surface area (TPSA) is 72.8 Å². The third-order valence-corrected chi connectivity index (χ3v) is 3.41. The van der Waals surface area contributed by atoms with Gasteiger partial charge < -0.3 is 15.5 Å². The molecule has 3 unspecified atom stereocenters. The van der Waals surface area contributed by atoms with E-state index in [-0.39, 0.29) is 6.04 Å². The van der Waals surface area contributed by atoms with Gasteiger partial charge in [0.15, 0.2) is 0 Å². The van der Waals surface area contributed by atoms with E-state index in [9.17, 15) is 9.90 Å². The van der Waals surface area contributed by atoms with Crippen molar-refractivity contribution in [2.45, 2.75) is 37.5 Å². The van der Waals surface area contributed by atoms with Crippen LogP contribution in [0.3, 0.4) is 0 Å². The van der Waals surface area contributed by atoms with Crippen LogP contribution in [0.2, 0.25) is 0 Å². The number of carboxylic acid groups (broad SMARTS) is 1. The number of likely N-dealkylation sites (tertiary alicyclic amines) is 1. The molecule has 0 radical (unpaired) electrons. The zero-order chi connectivity index (χ0) is 10.8. The monoisotopic (exact) mass is 214 g/mol. The maximum atomic E-state index is 11.1. The largest absolute Gasteiger partial charge is 0.480 e. The van der Waals surface area contributed by atoms with Crippen LogP contribution in [0.4, 0.5) is 0 Å². The smallest absolute Gasteiger partial charge is 0.320 e. The van der Waals surface area contributed by atoms with Gasteiger partial charge in [-0.15, -0.1) is 0 Å². The molecule has 0 amide bonds. The number of carbonyl (C=O) groups is 1. The molecule has 2 heterocycles. The van der Waals surface area contributed by atoms with Crippen molar-refractivity contribution in [3.63, 3.8) is 0 Å². The lowest BCUT2D eigenvalue weighted by atomic mass is 9.98. The zero-order valence-electron chi connectivity index (χ0n) is 8.72. The molecule has 0 aliphatic carbocycles. The number of rotatable bonds is 2. The highest BCUT2D eigenvalue weighted by Gasteiger charge is 2.38. The molecule has 0 aromatic carbocycles. The third-order valence-electron chi connectivity index (χ3n) is 3.41. The number of aliphatic carboxylic acids is 1. The van der Waals surface area contributed by atoms with E-state index in [0.29, 0.717) is 19.5 Å². The SMILES string of the molecule is O=C(O)C1CCCCN1C1CNCC1O. The number of hydrogen-bond donors (Lipinski definition) is 3. The van der Waals surface area contributed by atoms with Gasteiger partial charge in [-0.3, -0.25) is 9.69 Å². The van der Waals surface area contributed by atoms with Crippen molar-refractivity contribution >= 4 is 5.97 Å². The Balaban J connectivity index is 2.06. The summed E-state index contributed by atoms with van der Waals surface area (Å²) >= 11 is 0. The first-order valence-electron chi connectivity index (χ1n) is 5.57. The fourth-order valence-corrected chi connectivity index (χ4v) is 2.61. The van der Waals surface area contributed by atoms with Crippen LogP contribution in [0.1, 0.15) is 19.3 Å². The predicted molar refractivity (Wildman–Crippen MR) is 54.6 cm³/mol. The molecule has 2 aliphatic heterocycles. The van der Waals surface area contributed by atoms with Gasteiger partial charge in [-0.25, -0.2) is 0 Å². The van der Waals surface area contributed by atoms with Crippen LogP contribution >= 0.6 is 0 Å². The molecule has 0 aromatic heterocycles. The van der Waals surface area contributed by atoms with Gasteiger partial charge in [0.25, 0.3) is 0 Å². The second-order valence-corrected chi connectivity index (χ2v) is 4.38. The molecule has 86 valence electrons. The van der Waals surface area contributed by atoms with E-state index < -0.39 is 18.1 Å². The van der Waals surface area contributed by atoms with Crippen molar-refractivity contribution in [1.82, 2.24) is 10.2 Å². The van der Waals surface area contributed by atoms with E-state index in [0.717, 1.165) is 19.4 Å². The summed E-state index contributed by atoms with van der Waals surface area (Å²) < 4.78 is 0. The highest BCUT2D eigenvalue weighted by Crippen LogP contribution is 2.22. The third kappa shape index (κ3) is 2.14. The molecular formula is C10H18N2O3. The molecule has 3 N–H and O–H groups in total. The lowest BCUT2D eigenvalue weighted by molar-refractivity contribution is -0.146. The highest BCUT2D eigenvalue weighted by atomic mass is 16.4. The van der Waals surface area contributed by atoms with Crippen LogP contribution in [-0.2, 0) is 4.79 Å². The van der Waals surface area contributed by atoms with Crippen LogP contribution in [0.25, 0.3) is 0 Å². The fourth-order valence-electron chi connectivity index (χ4n) is 2.61. The van der Waals surface area contributed by atoms with Gasteiger partial charge in [0, 0.05) is 13.1 Å². The van der Waals surface area contributed by atoms with Crippen LogP contribution < -0.4 is 5.32 Å². The van der Waals surface area contributed by atoms with E-state index in [2.05, 4.69) is 5.32 Å². The van der Waals surface area contributed by atoms with Gasteiger partial charge in [-0.05, 0) is 19.4 Å². The van der Waals surface area contributed by atoms with Crippen molar-refractivity contribution in [3.8, 4) is 0 Å². The Labute approximate surface area is 89.1 Å². The lowest BCUT2D eigenvalue weighted by Gasteiger charge is -2.38. The summed E-state index contributed by atoms with van der Waals surface area (Å²) in [6.07, 6.45) is 2.29. The Morgan fingerprint density at radius 3 is 2.73 bits per heavy atom. The second kappa shape index (κ2) is 4.47. The molecule has 5 heteroatoms. The summed E-state index contributed by atoms with van der Waals surface area (Å²) in [6.45, 7) is 2.07. The molecule has 0 spiro atoms. The number of hydrogen-bond acceptors (Lipinski definition) is 4. The first-order valence-corrected chi connectivity index (χ1v) is 5.57. The average molecular weight is 214 g/mol. The van der Waals surface area contributed by atoms with Gasteiger partial charge in [0.2, 0.25) is 0 Å². The molecule has 2 aliphatic rings. The molecule has 2 fully saturated rings. The summed E-state index contributed by atoms with van der Waals surface area (Å²) in [5.41, 5.74) is 0. The summed E-state index contributed by atoms with van der Waals surface area (Å²) in [4.78, 5) is 13.0. The van der Waals surface area contributed by atoms with E-state index in [1.807, 2.05) is 4.90 Å². The number of carboxylic acids is 1. The van der Waals surface area contributed by atoms with Gasteiger partial charge in [-0.1, -0.05) is 6.42 Å². The van der Waals surface area contributed by atoms with Crippen molar-refractivity contribution in [3.05, 3.63) is 0 Å². The fraction of sp³-hybridized carbons (Fsp3) is 0.900. The summed E-state index contributed by atoms with van der Waals surface area (Å²) in [7, 11) is 0. The number of β-amino-alcohol motifs (C(OH)–C–C–N with tert-alkyl or cyclic N) is 1. The highest BCUT2D eigenvalue weighted by molar-refractivity contribution is 5.73. The second-order valence-electron chi connectivity index (χ2n) is 4.38. The molecule has 0 aromatic rings. The van der Waals surface area contributed by atoms with Crippen molar-refractivity contribution in [1.29, 1.82) is 0 Å². The number of aliphatic hydroxyl groups excluding tert-OH is 1. The van der Waals surface area contributed by atoms with Crippen LogP contribution in [0.15, 0.2) is 0 Å². The minimum atomic E-state index is -0.756. The Kier molecular flexibility index (Phi) is 3.23. The summed E-state index contributed by atoms with van der Waals surface area (Å²) in [5, 5.41) is 21.9. The number of aliphatic hydroxyl groups is 1. The molecule has 5 nitrogen and oxygen atoms in total. The molecule has 0 saturated carbocycles.